The summed E-state index contributed by atoms with van der Waals surface area (Å²) in [7, 11) is 2.17. The summed E-state index contributed by atoms with van der Waals surface area (Å²) in [4.78, 5) is 4.71. The van der Waals surface area contributed by atoms with Gasteiger partial charge in [0.15, 0.2) is 0 Å². The SMILES string of the molecule is Cc1ccc(-c2ccc(N(c3ccc4sc5ccc(N(C)c6ccc(C)cc6C)cc5c4c3)c3ccc(C)cc3C)cc2)cc1. The molecular weight excluding hydrogens is 565 g/mol. The number of aryl methyl sites for hydroxylation is 5. The van der Waals surface area contributed by atoms with Gasteiger partial charge in [-0.25, -0.2) is 0 Å². The third kappa shape index (κ3) is 5.49. The van der Waals surface area contributed by atoms with E-state index in [1.54, 1.807) is 0 Å². The largest absolute Gasteiger partial charge is 0.344 e. The van der Waals surface area contributed by atoms with Gasteiger partial charge in [-0.15, -0.1) is 11.3 Å². The van der Waals surface area contributed by atoms with Crippen LogP contribution >= 0.6 is 11.3 Å². The molecule has 7 aromatic rings. The molecule has 0 radical (unpaired) electrons. The third-order valence-electron chi connectivity index (χ3n) is 8.90. The molecule has 1 heterocycles. The van der Waals surface area contributed by atoms with Crippen molar-refractivity contribution in [2.24, 2.45) is 0 Å². The number of nitrogens with zero attached hydrogens (tertiary/aromatic N) is 2. The summed E-state index contributed by atoms with van der Waals surface area (Å²) < 4.78 is 2.61. The molecule has 0 amide bonds. The van der Waals surface area contributed by atoms with E-state index in [-0.39, 0.29) is 0 Å². The molecule has 2 nitrogen and oxygen atoms in total. The molecule has 0 aliphatic carbocycles. The van der Waals surface area contributed by atoms with Gasteiger partial charge in [-0.3, -0.25) is 0 Å². The lowest BCUT2D eigenvalue weighted by molar-refractivity contribution is 1.18. The topological polar surface area (TPSA) is 6.48 Å². The van der Waals surface area contributed by atoms with Crippen LogP contribution < -0.4 is 9.80 Å². The van der Waals surface area contributed by atoms with Crippen LogP contribution in [-0.4, -0.2) is 7.05 Å². The van der Waals surface area contributed by atoms with E-state index in [1.807, 2.05) is 11.3 Å². The van der Waals surface area contributed by atoms with Crippen molar-refractivity contribution in [2.45, 2.75) is 34.6 Å². The Morgan fingerprint density at radius 2 is 0.889 bits per heavy atom. The molecule has 0 fully saturated rings. The fourth-order valence-electron chi connectivity index (χ4n) is 6.45. The van der Waals surface area contributed by atoms with E-state index in [4.69, 9.17) is 0 Å². The van der Waals surface area contributed by atoms with Gasteiger partial charge in [-0.1, -0.05) is 77.4 Å². The zero-order valence-corrected chi connectivity index (χ0v) is 27.7. The molecule has 3 heteroatoms. The Hall–Kier alpha value is -4.86. The maximum Gasteiger partial charge on any atom is 0.0490 e. The molecule has 6 aromatic carbocycles. The Labute approximate surface area is 270 Å². The summed E-state index contributed by atoms with van der Waals surface area (Å²) in [5.74, 6) is 0. The molecule has 0 aliphatic heterocycles. The Morgan fingerprint density at radius 3 is 1.47 bits per heavy atom. The zero-order valence-electron chi connectivity index (χ0n) is 26.8. The first kappa shape index (κ1) is 28.9. The highest BCUT2D eigenvalue weighted by Gasteiger charge is 2.18. The van der Waals surface area contributed by atoms with Crippen LogP contribution in [0.2, 0.25) is 0 Å². The molecule has 0 saturated carbocycles. The van der Waals surface area contributed by atoms with Crippen LogP contribution in [0.1, 0.15) is 27.8 Å². The van der Waals surface area contributed by atoms with Crippen molar-refractivity contribution < 1.29 is 0 Å². The number of thiophene rings is 1. The van der Waals surface area contributed by atoms with E-state index >= 15 is 0 Å². The minimum Gasteiger partial charge on any atom is -0.344 e. The Balaban J connectivity index is 1.34. The molecule has 0 aliphatic rings. The quantitative estimate of drug-likeness (QED) is 0.187. The molecule has 1 aromatic heterocycles. The minimum absolute atomic E-state index is 1.15. The highest BCUT2D eigenvalue weighted by molar-refractivity contribution is 7.25. The number of rotatable bonds is 6. The molecule has 45 heavy (non-hydrogen) atoms. The van der Waals surface area contributed by atoms with Gasteiger partial charge < -0.3 is 9.80 Å². The van der Waals surface area contributed by atoms with E-state index in [0.29, 0.717) is 0 Å². The summed E-state index contributed by atoms with van der Waals surface area (Å²) in [5, 5.41) is 2.58. The monoisotopic (exact) mass is 602 g/mol. The lowest BCUT2D eigenvalue weighted by Gasteiger charge is -2.27. The van der Waals surface area contributed by atoms with Crippen LogP contribution in [0.3, 0.4) is 0 Å². The standard InChI is InChI=1S/C42H38N2S/c1-27-7-11-32(12-8-27)33-13-15-34(16-14-33)44(40-20-10-29(3)24-31(40)5)36-18-22-42-38(26-36)37-25-35(17-21-41(37)45-42)43(6)39-19-9-28(2)23-30(39)4/h7-26H,1-6H3. The summed E-state index contributed by atoms with van der Waals surface area (Å²) in [6, 6.07) is 45.0. The summed E-state index contributed by atoms with van der Waals surface area (Å²) >= 11 is 1.86. The predicted octanol–water partition coefficient (Wildman–Crippen LogP) is 12.5. The Bertz CT molecular complexity index is 2170. The second-order valence-corrected chi connectivity index (χ2v) is 13.4. The van der Waals surface area contributed by atoms with Crippen molar-refractivity contribution in [1.82, 2.24) is 0 Å². The van der Waals surface area contributed by atoms with Crippen LogP contribution in [0.25, 0.3) is 31.3 Å². The summed E-state index contributed by atoms with van der Waals surface area (Å²) in [5.41, 5.74) is 14.7. The van der Waals surface area contributed by atoms with Gasteiger partial charge in [0.25, 0.3) is 0 Å². The molecule has 0 N–H and O–H groups in total. The van der Waals surface area contributed by atoms with Gasteiger partial charge in [-0.2, -0.15) is 0 Å². The molecule has 0 bridgehead atoms. The number of hydrogen-bond donors (Lipinski definition) is 0. The zero-order chi connectivity index (χ0) is 31.2. The van der Waals surface area contributed by atoms with Gasteiger partial charge in [0.05, 0.1) is 0 Å². The minimum atomic E-state index is 1.15. The average molecular weight is 603 g/mol. The number of fused-ring (bicyclic) bond motifs is 3. The number of hydrogen-bond acceptors (Lipinski definition) is 3. The van der Waals surface area contributed by atoms with Crippen molar-refractivity contribution >= 4 is 59.9 Å². The van der Waals surface area contributed by atoms with Crippen LogP contribution in [0.4, 0.5) is 28.4 Å². The van der Waals surface area contributed by atoms with Crippen LogP contribution in [0, 0.1) is 34.6 Å². The second-order valence-electron chi connectivity index (χ2n) is 12.4. The van der Waals surface area contributed by atoms with E-state index < -0.39 is 0 Å². The molecule has 7 rings (SSSR count). The smallest absolute Gasteiger partial charge is 0.0490 e. The lowest BCUT2D eigenvalue weighted by atomic mass is 10.0. The van der Waals surface area contributed by atoms with E-state index in [9.17, 15) is 0 Å². The van der Waals surface area contributed by atoms with E-state index in [1.165, 1.54) is 76.2 Å². The van der Waals surface area contributed by atoms with Crippen molar-refractivity contribution in [3.8, 4) is 11.1 Å². The third-order valence-corrected chi connectivity index (χ3v) is 10.1. The van der Waals surface area contributed by atoms with Crippen LogP contribution in [0.5, 0.6) is 0 Å². The first-order valence-corrected chi connectivity index (χ1v) is 16.4. The highest BCUT2D eigenvalue weighted by Crippen LogP contribution is 2.43. The van der Waals surface area contributed by atoms with Crippen LogP contribution in [-0.2, 0) is 0 Å². The Kier molecular flexibility index (Phi) is 7.43. The molecule has 0 unspecified atom stereocenters. The van der Waals surface area contributed by atoms with Gasteiger partial charge in [0, 0.05) is 55.7 Å². The van der Waals surface area contributed by atoms with Crippen LogP contribution in [0.15, 0.2) is 121 Å². The first-order valence-electron chi connectivity index (χ1n) is 15.6. The van der Waals surface area contributed by atoms with Crippen molar-refractivity contribution in [3.63, 3.8) is 0 Å². The number of anilines is 5. The maximum absolute atomic E-state index is 2.41. The fraction of sp³-hybridized carbons (Fsp3) is 0.143. The van der Waals surface area contributed by atoms with Gasteiger partial charge >= 0.3 is 0 Å². The summed E-state index contributed by atoms with van der Waals surface area (Å²) in [6.07, 6.45) is 0. The van der Waals surface area contributed by atoms with E-state index in [2.05, 4.69) is 173 Å². The highest BCUT2D eigenvalue weighted by atomic mass is 32.1. The lowest BCUT2D eigenvalue weighted by Crippen LogP contribution is -2.11. The van der Waals surface area contributed by atoms with Gasteiger partial charge in [-0.05, 0) is 118 Å². The predicted molar refractivity (Wildman–Crippen MR) is 198 cm³/mol. The summed E-state index contributed by atoms with van der Waals surface area (Å²) in [6.45, 7) is 10.8. The molecule has 0 spiro atoms. The Morgan fingerprint density at radius 1 is 0.422 bits per heavy atom. The average Bonchev–Trinajstić information content (AvgIpc) is 3.40. The molecule has 0 atom stereocenters. The first-order chi connectivity index (χ1) is 21.7. The van der Waals surface area contributed by atoms with Gasteiger partial charge in [0.1, 0.15) is 0 Å². The van der Waals surface area contributed by atoms with Gasteiger partial charge in [0.2, 0.25) is 0 Å². The van der Waals surface area contributed by atoms with Crippen molar-refractivity contribution in [3.05, 3.63) is 149 Å². The molecule has 222 valence electrons. The molecule has 0 saturated heterocycles. The normalized spacial score (nSPS) is 11.3. The van der Waals surface area contributed by atoms with E-state index in [0.717, 1.165) is 11.4 Å². The van der Waals surface area contributed by atoms with Crippen molar-refractivity contribution in [2.75, 3.05) is 16.8 Å². The second kappa shape index (κ2) is 11.6. The van der Waals surface area contributed by atoms with Crippen molar-refractivity contribution in [1.29, 1.82) is 0 Å². The fourth-order valence-corrected chi connectivity index (χ4v) is 7.52. The maximum atomic E-state index is 2.41. The molecular formula is C42H38N2S. The number of benzene rings is 6.